The quantitative estimate of drug-likeness (QED) is 0.489. The van der Waals surface area contributed by atoms with Crippen LogP contribution in [0, 0.1) is 0 Å². The van der Waals surface area contributed by atoms with Crippen molar-refractivity contribution in [3.05, 3.63) is 11.1 Å². The van der Waals surface area contributed by atoms with Gasteiger partial charge in [-0.05, 0) is 20.8 Å². The van der Waals surface area contributed by atoms with Gasteiger partial charge in [0, 0.05) is 5.38 Å². The van der Waals surface area contributed by atoms with Crippen LogP contribution < -0.4 is 5.73 Å². The fourth-order valence-electron chi connectivity index (χ4n) is 0.943. The number of hydrogen-bond acceptors (Lipinski definition) is 7. The fraction of sp³-hybridized carbons (Fsp3) is 0.500. The summed E-state index contributed by atoms with van der Waals surface area (Å²) < 4.78 is 4.87. The van der Waals surface area contributed by atoms with Gasteiger partial charge in [-0.2, -0.15) is 0 Å². The molecular formula is C10H15N3O3S. The number of ether oxygens (including phenoxy) is 1. The summed E-state index contributed by atoms with van der Waals surface area (Å²) in [4.78, 5) is 20.7. The van der Waals surface area contributed by atoms with Crippen molar-refractivity contribution >= 4 is 28.1 Å². The summed E-state index contributed by atoms with van der Waals surface area (Å²) in [5.41, 5.74) is 5.91. The molecule has 0 saturated heterocycles. The van der Waals surface area contributed by atoms with Gasteiger partial charge >= 0.3 is 5.97 Å². The number of carbonyl (C=O) groups is 1. The molecule has 0 aromatic carbocycles. The topological polar surface area (TPSA) is 86.8 Å². The molecule has 0 aliphatic rings. The van der Waals surface area contributed by atoms with Crippen LogP contribution in [0.5, 0.6) is 0 Å². The van der Waals surface area contributed by atoms with Crippen molar-refractivity contribution in [2.45, 2.75) is 26.9 Å². The van der Waals surface area contributed by atoms with Gasteiger partial charge in [0.15, 0.2) is 5.13 Å². The molecule has 7 heteroatoms. The van der Waals surface area contributed by atoms with Crippen molar-refractivity contribution in [3.8, 4) is 0 Å². The third-order valence-corrected chi connectivity index (χ3v) is 2.26. The molecule has 2 N–H and O–H groups in total. The summed E-state index contributed by atoms with van der Waals surface area (Å²) in [7, 11) is 0. The van der Waals surface area contributed by atoms with E-state index >= 15 is 0 Å². The summed E-state index contributed by atoms with van der Waals surface area (Å²) in [6, 6.07) is 0. The molecule has 0 amide bonds. The normalized spacial score (nSPS) is 11.6. The van der Waals surface area contributed by atoms with E-state index in [2.05, 4.69) is 10.1 Å². The number of rotatable bonds is 5. The SMILES string of the molecule is CCOC(=O)C(=NOC(C)C)c1csc(N)n1. The maximum Gasteiger partial charge on any atom is 0.362 e. The number of esters is 1. The monoisotopic (exact) mass is 257 g/mol. The number of thiazole rings is 1. The molecule has 17 heavy (non-hydrogen) atoms. The van der Waals surface area contributed by atoms with Crippen LogP contribution in [0.3, 0.4) is 0 Å². The fourth-order valence-corrected chi connectivity index (χ4v) is 1.49. The van der Waals surface area contributed by atoms with E-state index in [0.717, 1.165) is 0 Å². The maximum atomic E-state index is 11.7. The number of nitrogens with two attached hydrogens (primary N) is 1. The van der Waals surface area contributed by atoms with E-state index in [1.54, 1.807) is 12.3 Å². The Morgan fingerprint density at radius 1 is 1.65 bits per heavy atom. The molecule has 0 unspecified atom stereocenters. The van der Waals surface area contributed by atoms with E-state index in [4.69, 9.17) is 15.3 Å². The van der Waals surface area contributed by atoms with Gasteiger partial charge in [-0.3, -0.25) is 0 Å². The molecule has 0 bridgehead atoms. The number of carbonyl (C=O) groups excluding carboxylic acids is 1. The van der Waals surface area contributed by atoms with Crippen LogP contribution in [0.1, 0.15) is 26.5 Å². The Labute approximate surface area is 103 Å². The van der Waals surface area contributed by atoms with Gasteiger partial charge in [0.2, 0.25) is 5.71 Å². The summed E-state index contributed by atoms with van der Waals surface area (Å²) in [5.74, 6) is -0.571. The van der Waals surface area contributed by atoms with Gasteiger partial charge in [0.25, 0.3) is 0 Å². The Balaban J connectivity index is 2.94. The number of oxime groups is 1. The Morgan fingerprint density at radius 3 is 2.82 bits per heavy atom. The second-order valence-electron chi connectivity index (χ2n) is 3.39. The minimum Gasteiger partial charge on any atom is -0.461 e. The van der Waals surface area contributed by atoms with Crippen LogP contribution in [-0.2, 0) is 14.4 Å². The molecule has 94 valence electrons. The lowest BCUT2D eigenvalue weighted by atomic mass is 10.3. The minimum atomic E-state index is -0.571. The lowest BCUT2D eigenvalue weighted by Crippen LogP contribution is -2.20. The predicted octanol–water partition coefficient (Wildman–Crippen LogP) is 1.42. The van der Waals surface area contributed by atoms with Crippen LogP contribution in [-0.4, -0.2) is 29.4 Å². The van der Waals surface area contributed by atoms with Crippen molar-refractivity contribution in [1.82, 2.24) is 4.98 Å². The molecule has 1 aromatic rings. The molecule has 1 aromatic heterocycles. The third-order valence-electron chi connectivity index (χ3n) is 1.59. The van der Waals surface area contributed by atoms with E-state index in [-0.39, 0.29) is 18.4 Å². The average Bonchev–Trinajstić information content (AvgIpc) is 2.65. The van der Waals surface area contributed by atoms with E-state index < -0.39 is 5.97 Å². The third kappa shape index (κ3) is 4.03. The Kier molecular flexibility index (Phi) is 4.89. The Hall–Kier alpha value is -1.63. The predicted molar refractivity (Wildman–Crippen MR) is 65.9 cm³/mol. The lowest BCUT2D eigenvalue weighted by Gasteiger charge is -2.05. The van der Waals surface area contributed by atoms with Crippen molar-refractivity contribution in [2.75, 3.05) is 12.3 Å². The first-order valence-electron chi connectivity index (χ1n) is 5.17. The number of nitrogen functional groups attached to an aromatic ring is 1. The summed E-state index contributed by atoms with van der Waals surface area (Å²) in [5, 5.41) is 5.75. The molecule has 0 fully saturated rings. The lowest BCUT2D eigenvalue weighted by molar-refractivity contribution is -0.135. The number of anilines is 1. The smallest absolute Gasteiger partial charge is 0.362 e. The summed E-state index contributed by atoms with van der Waals surface area (Å²) in [6.07, 6.45) is -0.129. The van der Waals surface area contributed by atoms with E-state index in [0.29, 0.717) is 10.8 Å². The molecule has 1 heterocycles. The molecule has 0 atom stereocenters. The van der Waals surface area contributed by atoms with Gasteiger partial charge in [-0.25, -0.2) is 9.78 Å². The number of aromatic nitrogens is 1. The van der Waals surface area contributed by atoms with Crippen molar-refractivity contribution in [1.29, 1.82) is 0 Å². The number of hydrogen-bond donors (Lipinski definition) is 1. The van der Waals surface area contributed by atoms with E-state index in [9.17, 15) is 4.79 Å². The number of nitrogens with zero attached hydrogens (tertiary/aromatic N) is 2. The molecule has 0 spiro atoms. The van der Waals surface area contributed by atoms with Crippen molar-refractivity contribution in [3.63, 3.8) is 0 Å². The molecule has 1 rings (SSSR count). The van der Waals surface area contributed by atoms with Crippen molar-refractivity contribution in [2.24, 2.45) is 5.16 Å². The van der Waals surface area contributed by atoms with Gasteiger partial charge in [-0.1, -0.05) is 5.16 Å². The van der Waals surface area contributed by atoms with Crippen LogP contribution in [0.25, 0.3) is 0 Å². The van der Waals surface area contributed by atoms with Crippen LogP contribution >= 0.6 is 11.3 Å². The zero-order valence-electron chi connectivity index (χ0n) is 9.97. The van der Waals surface area contributed by atoms with Gasteiger partial charge in [0.1, 0.15) is 11.8 Å². The standard InChI is InChI=1S/C10H15N3O3S/c1-4-15-9(14)8(13-16-6(2)3)7-5-17-10(11)12-7/h5-6H,4H2,1-3H3,(H2,11,12). The van der Waals surface area contributed by atoms with Gasteiger partial charge in [0.05, 0.1) is 6.61 Å². The Bertz CT molecular complexity index is 415. The zero-order chi connectivity index (χ0) is 12.8. The molecule has 6 nitrogen and oxygen atoms in total. The minimum absolute atomic E-state index is 0.0356. The second kappa shape index (κ2) is 6.19. The highest BCUT2D eigenvalue weighted by atomic mass is 32.1. The van der Waals surface area contributed by atoms with Gasteiger partial charge in [-0.15, -0.1) is 11.3 Å². The van der Waals surface area contributed by atoms with Crippen molar-refractivity contribution < 1.29 is 14.4 Å². The summed E-state index contributed by atoms with van der Waals surface area (Å²) >= 11 is 1.22. The molecule has 0 radical (unpaired) electrons. The van der Waals surface area contributed by atoms with Crippen LogP contribution in [0.2, 0.25) is 0 Å². The second-order valence-corrected chi connectivity index (χ2v) is 4.28. The largest absolute Gasteiger partial charge is 0.461 e. The molecule has 0 aliphatic carbocycles. The van der Waals surface area contributed by atoms with E-state index in [1.807, 2.05) is 13.8 Å². The highest BCUT2D eigenvalue weighted by Gasteiger charge is 2.19. The first kappa shape index (κ1) is 13.4. The molecule has 0 saturated carbocycles. The average molecular weight is 257 g/mol. The first-order chi connectivity index (χ1) is 8.04. The zero-order valence-corrected chi connectivity index (χ0v) is 10.8. The summed E-state index contributed by atoms with van der Waals surface area (Å²) in [6.45, 7) is 5.59. The molecular weight excluding hydrogens is 242 g/mol. The highest BCUT2D eigenvalue weighted by Crippen LogP contribution is 2.13. The highest BCUT2D eigenvalue weighted by molar-refractivity contribution is 7.13. The van der Waals surface area contributed by atoms with Crippen LogP contribution in [0.15, 0.2) is 10.5 Å². The maximum absolute atomic E-state index is 11.7. The molecule has 0 aliphatic heterocycles. The first-order valence-corrected chi connectivity index (χ1v) is 6.04. The van der Waals surface area contributed by atoms with Gasteiger partial charge < -0.3 is 15.3 Å². The van der Waals surface area contributed by atoms with Crippen LogP contribution in [0.4, 0.5) is 5.13 Å². The van der Waals surface area contributed by atoms with E-state index in [1.165, 1.54) is 11.3 Å². The Morgan fingerprint density at radius 2 is 2.35 bits per heavy atom.